The van der Waals surface area contributed by atoms with Gasteiger partial charge in [0.25, 0.3) is 0 Å². The maximum Gasteiger partial charge on any atom is 0.234 e. The molecule has 1 saturated heterocycles. The van der Waals surface area contributed by atoms with Crippen LogP contribution in [0.15, 0.2) is 12.1 Å². The normalized spacial score (nSPS) is 16.0. The molecule has 144 valence electrons. The number of ketones is 1. The first-order valence-corrected chi connectivity index (χ1v) is 8.88. The summed E-state index contributed by atoms with van der Waals surface area (Å²) < 4.78 is 15.9. The van der Waals surface area contributed by atoms with Crippen molar-refractivity contribution in [3.63, 3.8) is 0 Å². The first kappa shape index (κ1) is 20.0. The number of benzene rings is 1. The molecule has 0 radical (unpaired) electrons. The Morgan fingerprint density at radius 2 is 1.62 bits per heavy atom. The highest BCUT2D eigenvalue weighted by Crippen LogP contribution is 2.38. The summed E-state index contributed by atoms with van der Waals surface area (Å²) in [5.41, 5.74) is 6.03. The second-order valence-electron chi connectivity index (χ2n) is 6.39. The number of primary amides is 1. The van der Waals surface area contributed by atoms with Crippen molar-refractivity contribution in [2.75, 3.05) is 34.4 Å². The number of Topliss-reactive ketones (excluding diaryl/α,β-unsaturated/α-hetero) is 1. The number of ether oxygens (including phenoxy) is 3. The van der Waals surface area contributed by atoms with Crippen molar-refractivity contribution in [3.8, 4) is 17.2 Å². The molecule has 1 aliphatic rings. The van der Waals surface area contributed by atoms with Gasteiger partial charge >= 0.3 is 0 Å². The molecular formula is C19H28N2O5. The van der Waals surface area contributed by atoms with Crippen molar-refractivity contribution in [3.05, 3.63) is 17.7 Å². The molecule has 7 nitrogen and oxygen atoms in total. The number of hydrogen-bond acceptors (Lipinski definition) is 6. The zero-order valence-corrected chi connectivity index (χ0v) is 15.7. The fourth-order valence-electron chi connectivity index (χ4n) is 3.39. The highest BCUT2D eigenvalue weighted by Gasteiger charge is 2.26. The summed E-state index contributed by atoms with van der Waals surface area (Å²) in [5, 5.41) is 0. The van der Waals surface area contributed by atoms with E-state index in [2.05, 4.69) is 4.90 Å². The van der Waals surface area contributed by atoms with E-state index in [1.165, 1.54) is 27.8 Å². The van der Waals surface area contributed by atoms with Crippen molar-refractivity contribution >= 4 is 11.7 Å². The highest BCUT2D eigenvalue weighted by atomic mass is 16.5. The molecule has 1 fully saturated rings. The van der Waals surface area contributed by atoms with Gasteiger partial charge < -0.3 is 19.9 Å². The molecule has 1 aromatic rings. The molecule has 2 N–H and O–H groups in total. The number of amides is 1. The first-order valence-electron chi connectivity index (χ1n) is 8.88. The Morgan fingerprint density at radius 1 is 1.04 bits per heavy atom. The maximum atomic E-state index is 12.7. The number of nitrogens with two attached hydrogens (primary N) is 1. The van der Waals surface area contributed by atoms with Crippen molar-refractivity contribution in [1.82, 2.24) is 4.90 Å². The molecular weight excluding hydrogens is 336 g/mol. The summed E-state index contributed by atoms with van der Waals surface area (Å²) in [6.45, 7) is 1.71. The minimum atomic E-state index is -0.402. The van der Waals surface area contributed by atoms with Crippen LogP contribution in [0.4, 0.5) is 0 Å². The summed E-state index contributed by atoms with van der Waals surface area (Å²) in [6, 6.07) is 2.86. The van der Waals surface area contributed by atoms with Gasteiger partial charge in [-0.25, -0.2) is 0 Å². The highest BCUT2D eigenvalue weighted by molar-refractivity contribution is 5.97. The van der Waals surface area contributed by atoms with Crippen molar-refractivity contribution in [2.45, 2.75) is 38.1 Å². The number of carbonyl (C=O) groups is 2. The molecule has 1 amide bonds. The Morgan fingerprint density at radius 3 is 2.08 bits per heavy atom. The molecule has 26 heavy (non-hydrogen) atoms. The van der Waals surface area contributed by atoms with E-state index >= 15 is 0 Å². The lowest BCUT2D eigenvalue weighted by molar-refractivity contribution is -0.123. The average molecular weight is 364 g/mol. The smallest absolute Gasteiger partial charge is 0.234 e. The van der Waals surface area contributed by atoms with E-state index in [9.17, 15) is 9.59 Å². The SMILES string of the molecule is COc1cc(C(=O)CCC(C(N)=O)N2CCCCC2)cc(OC)c1OC. The Kier molecular flexibility index (Phi) is 7.26. The summed E-state index contributed by atoms with van der Waals surface area (Å²) >= 11 is 0. The van der Waals surface area contributed by atoms with Crippen LogP contribution in [0.25, 0.3) is 0 Å². The van der Waals surface area contributed by atoms with Crippen LogP contribution in [0.3, 0.4) is 0 Å². The monoisotopic (exact) mass is 364 g/mol. The number of methoxy groups -OCH3 is 3. The van der Waals surface area contributed by atoms with E-state index in [1.807, 2.05) is 0 Å². The standard InChI is InChI=1S/C19H28N2O5/c1-24-16-11-13(12-17(25-2)18(16)26-3)15(22)8-7-14(19(20)23)21-9-5-4-6-10-21/h11-12,14H,4-10H2,1-3H3,(H2,20,23). The Bertz CT molecular complexity index is 616. The van der Waals surface area contributed by atoms with Gasteiger partial charge in [0.15, 0.2) is 17.3 Å². The van der Waals surface area contributed by atoms with Crippen LogP contribution in [0, 0.1) is 0 Å². The molecule has 0 aromatic heterocycles. The molecule has 0 spiro atoms. The average Bonchev–Trinajstić information content (AvgIpc) is 2.67. The lowest BCUT2D eigenvalue weighted by Gasteiger charge is -2.32. The van der Waals surface area contributed by atoms with Gasteiger partial charge in [0.2, 0.25) is 11.7 Å². The second kappa shape index (κ2) is 9.43. The zero-order valence-electron chi connectivity index (χ0n) is 15.7. The molecule has 0 aliphatic carbocycles. The van der Waals surface area contributed by atoms with E-state index in [-0.39, 0.29) is 18.1 Å². The molecule has 0 bridgehead atoms. The van der Waals surface area contributed by atoms with Gasteiger partial charge in [-0.2, -0.15) is 0 Å². The predicted molar refractivity (Wildman–Crippen MR) is 98.1 cm³/mol. The van der Waals surface area contributed by atoms with E-state index < -0.39 is 6.04 Å². The summed E-state index contributed by atoms with van der Waals surface area (Å²) in [4.78, 5) is 26.6. The molecule has 7 heteroatoms. The number of rotatable bonds is 9. The van der Waals surface area contributed by atoms with Crippen molar-refractivity contribution in [1.29, 1.82) is 0 Å². The van der Waals surface area contributed by atoms with Crippen LogP contribution in [0.2, 0.25) is 0 Å². The number of carbonyl (C=O) groups excluding carboxylic acids is 2. The first-order chi connectivity index (χ1) is 12.5. The topological polar surface area (TPSA) is 91.1 Å². The molecule has 1 heterocycles. The van der Waals surface area contributed by atoms with Gasteiger partial charge in [0.1, 0.15) is 0 Å². The largest absolute Gasteiger partial charge is 0.493 e. The molecule has 0 saturated carbocycles. The minimum Gasteiger partial charge on any atom is -0.493 e. The van der Waals surface area contributed by atoms with Crippen molar-refractivity contribution in [2.24, 2.45) is 5.73 Å². The Balaban J connectivity index is 2.11. The zero-order chi connectivity index (χ0) is 19.1. The third-order valence-electron chi connectivity index (χ3n) is 4.79. The number of nitrogens with zero attached hydrogens (tertiary/aromatic N) is 1. The van der Waals surface area contributed by atoms with E-state index in [0.29, 0.717) is 29.2 Å². The van der Waals surface area contributed by atoms with Crippen LogP contribution in [-0.4, -0.2) is 57.1 Å². The van der Waals surface area contributed by atoms with Crippen LogP contribution >= 0.6 is 0 Å². The third-order valence-corrected chi connectivity index (χ3v) is 4.79. The summed E-state index contributed by atoms with van der Waals surface area (Å²) in [5.74, 6) is 0.836. The Labute approximate surface area is 154 Å². The van der Waals surface area contributed by atoms with E-state index in [4.69, 9.17) is 19.9 Å². The molecule has 2 rings (SSSR count). The number of piperidine rings is 1. The Hall–Kier alpha value is -2.28. The van der Waals surface area contributed by atoms with Crippen LogP contribution in [-0.2, 0) is 4.79 Å². The van der Waals surface area contributed by atoms with E-state index in [1.54, 1.807) is 12.1 Å². The van der Waals surface area contributed by atoms with Gasteiger partial charge in [-0.1, -0.05) is 6.42 Å². The maximum absolute atomic E-state index is 12.7. The molecule has 1 aromatic carbocycles. The number of likely N-dealkylation sites (tertiary alicyclic amines) is 1. The minimum absolute atomic E-state index is 0.0903. The van der Waals surface area contributed by atoms with Gasteiger partial charge in [-0.05, 0) is 44.5 Å². The van der Waals surface area contributed by atoms with Gasteiger partial charge in [0, 0.05) is 12.0 Å². The molecule has 1 aliphatic heterocycles. The number of hydrogen-bond donors (Lipinski definition) is 1. The second-order valence-corrected chi connectivity index (χ2v) is 6.39. The van der Waals surface area contributed by atoms with Gasteiger partial charge in [0.05, 0.1) is 27.4 Å². The summed E-state index contributed by atoms with van der Waals surface area (Å²) in [7, 11) is 4.52. The van der Waals surface area contributed by atoms with E-state index in [0.717, 1.165) is 25.9 Å². The fourth-order valence-corrected chi connectivity index (χ4v) is 3.39. The summed E-state index contributed by atoms with van der Waals surface area (Å²) in [6.07, 6.45) is 3.93. The van der Waals surface area contributed by atoms with Crippen LogP contribution < -0.4 is 19.9 Å². The third kappa shape index (κ3) is 4.66. The van der Waals surface area contributed by atoms with Gasteiger partial charge in [-0.3, -0.25) is 14.5 Å². The fraction of sp³-hybridized carbons (Fsp3) is 0.579. The van der Waals surface area contributed by atoms with Crippen LogP contribution in [0.5, 0.6) is 17.2 Å². The lowest BCUT2D eigenvalue weighted by atomic mass is 9.99. The van der Waals surface area contributed by atoms with Crippen molar-refractivity contribution < 1.29 is 23.8 Å². The quantitative estimate of drug-likeness (QED) is 0.674. The van der Waals surface area contributed by atoms with Gasteiger partial charge in [-0.15, -0.1) is 0 Å². The predicted octanol–water partition coefficient (Wildman–Crippen LogP) is 2.02. The van der Waals surface area contributed by atoms with Crippen LogP contribution in [0.1, 0.15) is 42.5 Å². The molecule has 1 atom stereocenters. The molecule has 1 unspecified atom stereocenters. The lowest BCUT2D eigenvalue weighted by Crippen LogP contribution is -2.47.